The van der Waals surface area contributed by atoms with Crippen molar-refractivity contribution < 1.29 is 13.6 Å². The van der Waals surface area contributed by atoms with Gasteiger partial charge in [-0.1, -0.05) is 23.4 Å². The number of oxime groups is 1. The molecule has 1 aliphatic rings. The van der Waals surface area contributed by atoms with Crippen molar-refractivity contribution in [2.75, 3.05) is 10.5 Å². The standard InChI is InChI=1S/C8H8N2O3S/c11-9-8-5-14(12,13)10-7-4-2-1-3-6(7)8/h1-4,10-11H,5H2/b9-8+. The molecule has 74 valence electrons. The van der Waals surface area contributed by atoms with Gasteiger partial charge < -0.3 is 5.21 Å². The summed E-state index contributed by atoms with van der Waals surface area (Å²) in [5.74, 6) is -0.291. The molecule has 6 heteroatoms. The van der Waals surface area contributed by atoms with E-state index in [-0.39, 0.29) is 11.5 Å². The van der Waals surface area contributed by atoms with E-state index >= 15 is 0 Å². The largest absolute Gasteiger partial charge is 0.411 e. The van der Waals surface area contributed by atoms with Crippen molar-refractivity contribution in [2.24, 2.45) is 5.16 Å². The Labute approximate surface area is 81.1 Å². The lowest BCUT2D eigenvalue weighted by molar-refractivity contribution is 0.319. The Hall–Kier alpha value is -1.56. The van der Waals surface area contributed by atoms with E-state index in [0.29, 0.717) is 11.3 Å². The van der Waals surface area contributed by atoms with Gasteiger partial charge in [0.05, 0.1) is 5.69 Å². The second-order valence-corrected chi connectivity index (χ2v) is 4.68. The molecule has 0 bridgehead atoms. The van der Waals surface area contributed by atoms with Crippen molar-refractivity contribution in [3.63, 3.8) is 0 Å². The highest BCUT2D eigenvalue weighted by Gasteiger charge is 2.25. The minimum Gasteiger partial charge on any atom is -0.411 e. The van der Waals surface area contributed by atoms with Gasteiger partial charge in [-0.15, -0.1) is 0 Å². The number of nitrogens with zero attached hydrogens (tertiary/aromatic N) is 1. The lowest BCUT2D eigenvalue weighted by Crippen LogP contribution is -2.29. The Bertz CT molecular complexity index is 493. The predicted molar refractivity (Wildman–Crippen MR) is 52.2 cm³/mol. The predicted octanol–water partition coefficient (Wildman–Crippen LogP) is 0.620. The van der Waals surface area contributed by atoms with Crippen molar-refractivity contribution in [1.82, 2.24) is 0 Å². The van der Waals surface area contributed by atoms with Crippen LogP contribution in [0.5, 0.6) is 0 Å². The van der Waals surface area contributed by atoms with Crippen molar-refractivity contribution in [2.45, 2.75) is 0 Å². The molecule has 0 atom stereocenters. The van der Waals surface area contributed by atoms with Gasteiger partial charge in [0, 0.05) is 5.56 Å². The minimum atomic E-state index is -3.40. The number of hydrogen-bond donors (Lipinski definition) is 2. The van der Waals surface area contributed by atoms with Crippen LogP contribution < -0.4 is 4.72 Å². The Morgan fingerprint density at radius 2 is 2.07 bits per heavy atom. The normalized spacial score (nSPS) is 21.3. The van der Waals surface area contributed by atoms with Gasteiger partial charge in [-0.05, 0) is 6.07 Å². The molecule has 0 aliphatic carbocycles. The van der Waals surface area contributed by atoms with E-state index in [1.807, 2.05) is 0 Å². The van der Waals surface area contributed by atoms with Crippen molar-refractivity contribution >= 4 is 21.4 Å². The van der Waals surface area contributed by atoms with Crippen LogP contribution in [0.15, 0.2) is 29.4 Å². The lowest BCUT2D eigenvalue weighted by Gasteiger charge is -2.18. The lowest BCUT2D eigenvalue weighted by atomic mass is 10.1. The van der Waals surface area contributed by atoms with Crippen LogP contribution >= 0.6 is 0 Å². The Balaban J connectivity index is 2.63. The first kappa shape index (κ1) is 9.01. The minimum absolute atomic E-state index is 0.166. The van der Waals surface area contributed by atoms with E-state index in [1.165, 1.54) is 0 Å². The second kappa shape index (κ2) is 2.98. The van der Waals surface area contributed by atoms with Crippen LogP contribution in [0.2, 0.25) is 0 Å². The fourth-order valence-corrected chi connectivity index (χ4v) is 2.53. The second-order valence-electron chi connectivity index (χ2n) is 2.95. The SMILES string of the molecule is O=S1(=O)C/C(=N\O)c2ccccc2N1. The zero-order valence-electron chi connectivity index (χ0n) is 7.14. The van der Waals surface area contributed by atoms with E-state index in [0.717, 1.165) is 0 Å². The van der Waals surface area contributed by atoms with E-state index in [4.69, 9.17) is 5.21 Å². The van der Waals surface area contributed by atoms with Crippen molar-refractivity contribution in [3.8, 4) is 0 Å². The number of benzene rings is 1. The average molecular weight is 212 g/mol. The molecule has 5 nitrogen and oxygen atoms in total. The maximum Gasteiger partial charge on any atom is 0.238 e. The van der Waals surface area contributed by atoms with Gasteiger partial charge in [-0.25, -0.2) is 8.42 Å². The molecule has 0 saturated carbocycles. The third kappa shape index (κ3) is 1.44. The van der Waals surface area contributed by atoms with Crippen LogP contribution in [0, 0.1) is 0 Å². The fraction of sp³-hybridized carbons (Fsp3) is 0.125. The summed E-state index contributed by atoms with van der Waals surface area (Å²) in [4.78, 5) is 0. The average Bonchev–Trinajstić information content (AvgIpc) is 2.15. The smallest absolute Gasteiger partial charge is 0.238 e. The maximum atomic E-state index is 11.3. The maximum absolute atomic E-state index is 11.3. The first-order valence-corrected chi connectivity index (χ1v) is 5.58. The number of hydrogen-bond acceptors (Lipinski definition) is 4. The third-order valence-corrected chi connectivity index (χ3v) is 3.14. The summed E-state index contributed by atoms with van der Waals surface area (Å²) >= 11 is 0. The van der Waals surface area contributed by atoms with Crippen molar-refractivity contribution in [1.29, 1.82) is 0 Å². The molecule has 1 aromatic carbocycles. The van der Waals surface area contributed by atoms with Crippen LogP contribution in [0.25, 0.3) is 0 Å². The summed E-state index contributed by atoms with van der Waals surface area (Å²) < 4.78 is 24.9. The van der Waals surface area contributed by atoms with E-state index < -0.39 is 10.0 Å². The van der Waals surface area contributed by atoms with Gasteiger partial charge in [0.1, 0.15) is 11.5 Å². The molecular formula is C8H8N2O3S. The molecular weight excluding hydrogens is 204 g/mol. The molecule has 0 radical (unpaired) electrons. The molecule has 1 aromatic rings. The molecule has 0 aromatic heterocycles. The van der Waals surface area contributed by atoms with Gasteiger partial charge in [0.25, 0.3) is 0 Å². The monoisotopic (exact) mass is 212 g/mol. The first-order valence-electron chi connectivity index (χ1n) is 3.93. The van der Waals surface area contributed by atoms with Crippen LogP contribution in [-0.2, 0) is 10.0 Å². The Morgan fingerprint density at radius 3 is 2.79 bits per heavy atom. The molecule has 2 rings (SSSR count). The number of rotatable bonds is 0. The molecule has 0 unspecified atom stereocenters. The summed E-state index contributed by atoms with van der Waals surface area (Å²) in [5.41, 5.74) is 1.23. The molecule has 1 aliphatic heterocycles. The van der Waals surface area contributed by atoms with E-state index in [1.54, 1.807) is 24.3 Å². The van der Waals surface area contributed by atoms with Gasteiger partial charge in [0.2, 0.25) is 10.0 Å². The summed E-state index contributed by atoms with van der Waals surface area (Å²) in [7, 11) is -3.40. The van der Waals surface area contributed by atoms with Gasteiger partial charge >= 0.3 is 0 Å². The highest BCUT2D eigenvalue weighted by Crippen LogP contribution is 2.22. The van der Waals surface area contributed by atoms with Gasteiger partial charge in [0.15, 0.2) is 0 Å². The van der Waals surface area contributed by atoms with Crippen LogP contribution in [0.3, 0.4) is 0 Å². The van der Waals surface area contributed by atoms with Gasteiger partial charge in [-0.2, -0.15) is 0 Å². The van der Waals surface area contributed by atoms with Crippen LogP contribution in [-0.4, -0.2) is 25.1 Å². The highest BCUT2D eigenvalue weighted by atomic mass is 32.2. The van der Waals surface area contributed by atoms with E-state index in [2.05, 4.69) is 9.88 Å². The number of nitrogens with one attached hydrogen (secondary N) is 1. The van der Waals surface area contributed by atoms with Gasteiger partial charge in [-0.3, -0.25) is 4.72 Å². The highest BCUT2D eigenvalue weighted by molar-refractivity contribution is 7.93. The fourth-order valence-electron chi connectivity index (χ4n) is 1.37. The first-order chi connectivity index (χ1) is 6.62. The number of anilines is 1. The molecule has 0 fully saturated rings. The Kier molecular flexibility index (Phi) is 1.92. The molecule has 1 heterocycles. The molecule has 0 spiro atoms. The zero-order chi connectivity index (χ0) is 10.2. The Morgan fingerprint density at radius 1 is 1.36 bits per heavy atom. The summed E-state index contributed by atoms with van der Waals surface area (Å²) in [6.07, 6.45) is 0. The number of fused-ring (bicyclic) bond motifs is 1. The van der Waals surface area contributed by atoms with E-state index in [9.17, 15) is 8.42 Å². The zero-order valence-corrected chi connectivity index (χ0v) is 7.95. The topological polar surface area (TPSA) is 78.8 Å². The van der Waals surface area contributed by atoms with Crippen LogP contribution in [0.4, 0.5) is 5.69 Å². The van der Waals surface area contributed by atoms with Crippen LogP contribution in [0.1, 0.15) is 5.56 Å². The summed E-state index contributed by atoms with van der Waals surface area (Å²) in [6, 6.07) is 6.79. The molecule has 2 N–H and O–H groups in total. The molecule has 0 saturated heterocycles. The third-order valence-electron chi connectivity index (χ3n) is 1.95. The molecule has 14 heavy (non-hydrogen) atoms. The van der Waals surface area contributed by atoms with Crippen molar-refractivity contribution in [3.05, 3.63) is 29.8 Å². The number of para-hydroxylation sites is 1. The molecule has 0 amide bonds. The number of sulfonamides is 1. The summed E-state index contributed by atoms with van der Waals surface area (Å²) in [6.45, 7) is 0. The summed E-state index contributed by atoms with van der Waals surface area (Å²) in [5, 5.41) is 11.6. The quantitative estimate of drug-likeness (QED) is 0.488.